The molecule has 116 valence electrons. The van der Waals surface area contributed by atoms with E-state index in [0.29, 0.717) is 16.9 Å². The number of carbonyl (C=O) groups is 1. The lowest BCUT2D eigenvalue weighted by Crippen LogP contribution is -2.41. The van der Waals surface area contributed by atoms with Gasteiger partial charge in [-0.25, -0.2) is 4.79 Å². The highest BCUT2D eigenvalue weighted by atomic mass is 35.5. The molecule has 0 fully saturated rings. The number of carbonyl (C=O) groups excluding carboxylic acids is 1. The van der Waals surface area contributed by atoms with Crippen molar-refractivity contribution in [3.8, 4) is 0 Å². The van der Waals surface area contributed by atoms with Crippen molar-refractivity contribution in [2.75, 3.05) is 13.1 Å². The molecule has 0 saturated carbocycles. The van der Waals surface area contributed by atoms with Crippen molar-refractivity contribution in [3.05, 3.63) is 41.1 Å². The maximum atomic E-state index is 12.2. The minimum atomic E-state index is -0.0531. The molecule has 0 aliphatic heterocycles. The van der Waals surface area contributed by atoms with Gasteiger partial charge in [0, 0.05) is 24.3 Å². The number of hydrogen-bond donors (Lipinski definition) is 1. The largest absolute Gasteiger partial charge is 0.324 e. The number of urea groups is 1. The third-order valence-corrected chi connectivity index (χ3v) is 3.06. The fraction of sp³-hybridized carbons (Fsp3) is 0.471. The lowest BCUT2D eigenvalue weighted by Gasteiger charge is -2.25. The Labute approximate surface area is 133 Å². The fourth-order valence-corrected chi connectivity index (χ4v) is 2.12. The smallest absolute Gasteiger partial charge is 0.321 e. The highest BCUT2D eigenvalue weighted by Crippen LogP contribution is 2.10. The fourth-order valence-electron chi connectivity index (χ4n) is 2.00. The van der Waals surface area contributed by atoms with Crippen LogP contribution in [0.15, 0.2) is 30.5 Å². The van der Waals surface area contributed by atoms with E-state index in [2.05, 4.69) is 33.0 Å². The quantitative estimate of drug-likeness (QED) is 0.816. The maximum Gasteiger partial charge on any atom is 0.321 e. The molecule has 4 heteroatoms. The summed E-state index contributed by atoms with van der Waals surface area (Å²) in [5, 5.41) is 3.53. The predicted molar refractivity (Wildman–Crippen MR) is 90.3 cm³/mol. The topological polar surface area (TPSA) is 32.3 Å². The van der Waals surface area contributed by atoms with Crippen LogP contribution in [0.1, 0.15) is 33.3 Å². The molecule has 3 nitrogen and oxygen atoms in total. The van der Waals surface area contributed by atoms with Crippen molar-refractivity contribution >= 4 is 23.7 Å². The molecule has 0 aromatic heterocycles. The molecule has 1 aromatic carbocycles. The third-order valence-electron chi connectivity index (χ3n) is 2.81. The van der Waals surface area contributed by atoms with Crippen LogP contribution in [-0.4, -0.2) is 24.0 Å². The first-order valence-corrected chi connectivity index (χ1v) is 7.74. The number of amides is 2. The van der Waals surface area contributed by atoms with Gasteiger partial charge in [0.25, 0.3) is 0 Å². The zero-order valence-corrected chi connectivity index (χ0v) is 14.0. The molecule has 0 saturated heterocycles. The van der Waals surface area contributed by atoms with Gasteiger partial charge in [-0.05, 0) is 35.6 Å². The molecule has 0 bridgehead atoms. The molecule has 0 aliphatic carbocycles. The standard InChI is InChI=1S/C17H25ClN2O/c1-13(2)11-20(12-14(3)4)17(21)19-10-9-15-5-7-16(18)8-6-15/h5-10,13-14H,11-12H2,1-4H3,(H,19,21)/b10-9+. The summed E-state index contributed by atoms with van der Waals surface area (Å²) in [6.07, 6.45) is 3.54. The summed E-state index contributed by atoms with van der Waals surface area (Å²) < 4.78 is 0. The van der Waals surface area contributed by atoms with Gasteiger partial charge in [-0.3, -0.25) is 0 Å². The highest BCUT2D eigenvalue weighted by molar-refractivity contribution is 6.30. The van der Waals surface area contributed by atoms with E-state index in [1.807, 2.05) is 35.2 Å². The van der Waals surface area contributed by atoms with E-state index in [-0.39, 0.29) is 6.03 Å². The Morgan fingerprint density at radius 2 is 1.67 bits per heavy atom. The van der Waals surface area contributed by atoms with Crippen LogP contribution in [0.25, 0.3) is 6.08 Å². The summed E-state index contributed by atoms with van der Waals surface area (Å²) in [7, 11) is 0. The number of halogens is 1. The lowest BCUT2D eigenvalue weighted by atomic mass is 10.1. The third kappa shape index (κ3) is 7.19. The molecule has 0 radical (unpaired) electrons. The number of hydrogen-bond acceptors (Lipinski definition) is 1. The van der Waals surface area contributed by atoms with E-state index >= 15 is 0 Å². The molecule has 0 atom stereocenters. The molecule has 1 aromatic rings. The molecule has 2 amide bonds. The second-order valence-electron chi connectivity index (χ2n) is 6.03. The first-order chi connectivity index (χ1) is 9.88. The summed E-state index contributed by atoms with van der Waals surface area (Å²) in [6.45, 7) is 9.99. The minimum Gasteiger partial charge on any atom is -0.324 e. The molecule has 1 N–H and O–H groups in total. The van der Waals surface area contributed by atoms with Crippen LogP contribution in [-0.2, 0) is 0 Å². The summed E-state index contributed by atoms with van der Waals surface area (Å²) >= 11 is 5.83. The molecule has 0 aliphatic rings. The Morgan fingerprint density at radius 3 is 2.14 bits per heavy atom. The van der Waals surface area contributed by atoms with Gasteiger partial charge < -0.3 is 10.2 Å². The lowest BCUT2D eigenvalue weighted by molar-refractivity contribution is 0.187. The molecular formula is C17H25ClN2O. The molecule has 21 heavy (non-hydrogen) atoms. The maximum absolute atomic E-state index is 12.2. The van der Waals surface area contributed by atoms with Gasteiger partial charge in [0.1, 0.15) is 0 Å². The van der Waals surface area contributed by atoms with E-state index < -0.39 is 0 Å². The van der Waals surface area contributed by atoms with Crippen molar-refractivity contribution in [2.24, 2.45) is 11.8 Å². The summed E-state index contributed by atoms with van der Waals surface area (Å²) in [5.41, 5.74) is 0.999. The number of nitrogens with one attached hydrogen (secondary N) is 1. The van der Waals surface area contributed by atoms with E-state index in [1.165, 1.54) is 0 Å². The van der Waals surface area contributed by atoms with Gasteiger partial charge in [0.15, 0.2) is 0 Å². The average Bonchev–Trinajstić information content (AvgIpc) is 2.39. The van der Waals surface area contributed by atoms with Gasteiger partial charge in [-0.15, -0.1) is 0 Å². The van der Waals surface area contributed by atoms with Crippen molar-refractivity contribution < 1.29 is 4.79 Å². The van der Waals surface area contributed by atoms with Gasteiger partial charge in [0.2, 0.25) is 0 Å². The van der Waals surface area contributed by atoms with Gasteiger partial charge in [-0.2, -0.15) is 0 Å². The van der Waals surface area contributed by atoms with E-state index in [9.17, 15) is 4.79 Å². The predicted octanol–water partition coefficient (Wildman–Crippen LogP) is 4.63. The first kappa shape index (κ1) is 17.6. The zero-order valence-electron chi connectivity index (χ0n) is 13.3. The van der Waals surface area contributed by atoms with Crippen molar-refractivity contribution in [1.82, 2.24) is 10.2 Å². The van der Waals surface area contributed by atoms with E-state index in [1.54, 1.807) is 6.20 Å². The van der Waals surface area contributed by atoms with Crippen LogP contribution in [0, 0.1) is 11.8 Å². The second-order valence-corrected chi connectivity index (χ2v) is 6.46. The number of rotatable bonds is 6. The Hall–Kier alpha value is -1.48. The van der Waals surface area contributed by atoms with E-state index in [0.717, 1.165) is 18.7 Å². The Morgan fingerprint density at radius 1 is 1.14 bits per heavy atom. The number of nitrogens with zero attached hydrogens (tertiary/aromatic N) is 1. The molecular weight excluding hydrogens is 284 g/mol. The van der Waals surface area contributed by atoms with Gasteiger partial charge >= 0.3 is 6.03 Å². The monoisotopic (exact) mass is 308 g/mol. The SMILES string of the molecule is CC(C)CN(CC(C)C)C(=O)N/C=C/c1ccc(Cl)cc1. The van der Waals surface area contributed by atoms with Gasteiger partial charge in [-0.1, -0.05) is 51.4 Å². The van der Waals surface area contributed by atoms with Crippen molar-refractivity contribution in [2.45, 2.75) is 27.7 Å². The summed E-state index contributed by atoms with van der Waals surface area (Å²) in [6, 6.07) is 7.41. The summed E-state index contributed by atoms with van der Waals surface area (Å²) in [5.74, 6) is 0.907. The van der Waals surface area contributed by atoms with Gasteiger partial charge in [0.05, 0.1) is 0 Å². The highest BCUT2D eigenvalue weighted by Gasteiger charge is 2.14. The average molecular weight is 309 g/mol. The Kier molecular flexibility index (Phi) is 7.30. The molecule has 0 heterocycles. The van der Waals surface area contributed by atoms with Crippen LogP contribution >= 0.6 is 11.6 Å². The minimum absolute atomic E-state index is 0.0531. The van der Waals surface area contributed by atoms with Crippen LogP contribution in [0.3, 0.4) is 0 Å². The molecule has 0 unspecified atom stereocenters. The Bertz CT molecular complexity index is 456. The van der Waals surface area contributed by atoms with Crippen LogP contribution in [0.4, 0.5) is 4.79 Å². The van der Waals surface area contributed by atoms with Crippen LogP contribution in [0.5, 0.6) is 0 Å². The first-order valence-electron chi connectivity index (χ1n) is 7.36. The summed E-state index contributed by atoms with van der Waals surface area (Å²) in [4.78, 5) is 14.1. The van der Waals surface area contributed by atoms with E-state index in [4.69, 9.17) is 11.6 Å². The number of benzene rings is 1. The molecule has 1 rings (SSSR count). The van der Waals surface area contributed by atoms with Crippen molar-refractivity contribution in [3.63, 3.8) is 0 Å². The zero-order chi connectivity index (χ0) is 15.8. The van der Waals surface area contributed by atoms with Crippen LogP contribution < -0.4 is 5.32 Å². The van der Waals surface area contributed by atoms with Crippen LogP contribution in [0.2, 0.25) is 5.02 Å². The van der Waals surface area contributed by atoms with Crippen molar-refractivity contribution in [1.29, 1.82) is 0 Å². The Balaban J connectivity index is 2.57. The normalized spacial score (nSPS) is 11.4. The molecule has 0 spiro atoms. The second kappa shape index (κ2) is 8.73.